The predicted molar refractivity (Wildman–Crippen MR) is 68.8 cm³/mol. The Morgan fingerprint density at radius 2 is 1.90 bits per heavy atom. The lowest BCUT2D eigenvalue weighted by Gasteiger charge is -2.17. The lowest BCUT2D eigenvalue weighted by molar-refractivity contribution is -0.137. The van der Waals surface area contributed by atoms with E-state index in [-0.39, 0.29) is 23.0 Å². The van der Waals surface area contributed by atoms with E-state index in [2.05, 4.69) is 15.0 Å². The van der Waals surface area contributed by atoms with Crippen LogP contribution in [-0.2, 0) is 6.18 Å². The van der Waals surface area contributed by atoms with Gasteiger partial charge in [-0.05, 0) is 12.0 Å². The summed E-state index contributed by atoms with van der Waals surface area (Å²) in [5, 5.41) is 0. The molecule has 2 heterocycles. The van der Waals surface area contributed by atoms with Crippen molar-refractivity contribution in [2.24, 2.45) is 0 Å². The Balaban J connectivity index is 2.73. The normalized spacial score (nSPS) is 11.9. The minimum absolute atomic E-state index is 0.0854. The maximum absolute atomic E-state index is 13.1. The van der Waals surface area contributed by atoms with E-state index in [9.17, 15) is 13.2 Å². The molecule has 0 radical (unpaired) electrons. The highest BCUT2D eigenvalue weighted by molar-refractivity contribution is 5.70. The molecule has 2 rings (SSSR count). The Morgan fingerprint density at radius 1 is 1.20 bits per heavy atom. The molecule has 2 aromatic rings. The SMILES string of the molecule is CC(C)c1c(N)ncnc1-c1cnccc1C(F)(F)F. The molecule has 0 aliphatic carbocycles. The smallest absolute Gasteiger partial charge is 0.383 e. The monoisotopic (exact) mass is 282 g/mol. The predicted octanol–water partition coefficient (Wildman–Crippen LogP) is 3.26. The number of nitrogen functional groups attached to an aromatic ring is 1. The first kappa shape index (κ1) is 14.2. The Bertz CT molecular complexity index is 623. The zero-order valence-corrected chi connectivity index (χ0v) is 10.9. The zero-order valence-electron chi connectivity index (χ0n) is 10.9. The molecule has 0 spiro atoms. The third kappa shape index (κ3) is 2.56. The minimum Gasteiger partial charge on any atom is -0.383 e. The number of nitrogens with two attached hydrogens (primary N) is 1. The highest BCUT2D eigenvalue weighted by Gasteiger charge is 2.35. The fraction of sp³-hybridized carbons (Fsp3) is 0.308. The van der Waals surface area contributed by atoms with E-state index in [0.29, 0.717) is 5.56 Å². The van der Waals surface area contributed by atoms with Gasteiger partial charge in [0.05, 0.1) is 11.3 Å². The van der Waals surface area contributed by atoms with E-state index in [1.54, 1.807) is 0 Å². The van der Waals surface area contributed by atoms with Crippen molar-refractivity contribution in [2.45, 2.75) is 25.9 Å². The van der Waals surface area contributed by atoms with Gasteiger partial charge < -0.3 is 5.73 Å². The van der Waals surface area contributed by atoms with Crippen molar-refractivity contribution < 1.29 is 13.2 Å². The second-order valence-corrected chi connectivity index (χ2v) is 4.59. The van der Waals surface area contributed by atoms with Crippen LogP contribution in [0, 0.1) is 0 Å². The number of halogens is 3. The van der Waals surface area contributed by atoms with Crippen molar-refractivity contribution in [3.8, 4) is 11.3 Å². The van der Waals surface area contributed by atoms with E-state index in [0.717, 1.165) is 24.8 Å². The molecule has 0 saturated carbocycles. The van der Waals surface area contributed by atoms with Crippen molar-refractivity contribution in [3.63, 3.8) is 0 Å². The number of pyridine rings is 1. The van der Waals surface area contributed by atoms with Crippen LogP contribution in [0.1, 0.15) is 30.9 Å². The van der Waals surface area contributed by atoms with Gasteiger partial charge in [0, 0.05) is 23.5 Å². The van der Waals surface area contributed by atoms with Gasteiger partial charge in [-0.25, -0.2) is 9.97 Å². The Morgan fingerprint density at radius 3 is 2.50 bits per heavy atom. The molecule has 0 amide bonds. The number of alkyl halides is 3. The molecule has 0 saturated heterocycles. The fourth-order valence-electron chi connectivity index (χ4n) is 2.02. The summed E-state index contributed by atoms with van der Waals surface area (Å²) in [4.78, 5) is 11.6. The molecule has 106 valence electrons. The minimum atomic E-state index is -4.48. The van der Waals surface area contributed by atoms with Gasteiger partial charge in [-0.1, -0.05) is 13.8 Å². The van der Waals surface area contributed by atoms with Crippen LogP contribution < -0.4 is 5.73 Å². The average molecular weight is 282 g/mol. The van der Waals surface area contributed by atoms with Gasteiger partial charge in [0.15, 0.2) is 0 Å². The Hall–Kier alpha value is -2.18. The van der Waals surface area contributed by atoms with E-state index in [1.165, 1.54) is 0 Å². The van der Waals surface area contributed by atoms with E-state index in [4.69, 9.17) is 5.73 Å². The third-order valence-corrected chi connectivity index (χ3v) is 2.87. The molecule has 0 unspecified atom stereocenters. The number of rotatable bonds is 2. The van der Waals surface area contributed by atoms with Crippen LogP contribution in [0.2, 0.25) is 0 Å². The van der Waals surface area contributed by atoms with Crippen molar-refractivity contribution in [1.29, 1.82) is 0 Å². The number of hydrogen-bond donors (Lipinski definition) is 1. The molecule has 0 aliphatic heterocycles. The van der Waals surface area contributed by atoms with Crippen LogP contribution in [0.4, 0.5) is 19.0 Å². The third-order valence-electron chi connectivity index (χ3n) is 2.87. The first-order valence-corrected chi connectivity index (χ1v) is 5.94. The summed E-state index contributed by atoms with van der Waals surface area (Å²) in [6, 6.07) is 0.928. The molecule has 0 aliphatic rings. The van der Waals surface area contributed by atoms with Crippen LogP contribution in [0.15, 0.2) is 24.8 Å². The molecular weight excluding hydrogens is 269 g/mol. The maximum atomic E-state index is 13.1. The van der Waals surface area contributed by atoms with Gasteiger partial charge in [-0.15, -0.1) is 0 Å². The molecule has 7 heteroatoms. The van der Waals surface area contributed by atoms with E-state index < -0.39 is 11.7 Å². The molecule has 0 aromatic carbocycles. The van der Waals surface area contributed by atoms with Crippen molar-refractivity contribution in [3.05, 3.63) is 35.9 Å². The second kappa shape index (κ2) is 5.07. The van der Waals surface area contributed by atoms with E-state index in [1.807, 2.05) is 13.8 Å². The Labute approximate surface area is 113 Å². The number of aromatic nitrogens is 3. The maximum Gasteiger partial charge on any atom is 0.417 e. The summed E-state index contributed by atoms with van der Waals surface area (Å²) in [7, 11) is 0. The summed E-state index contributed by atoms with van der Waals surface area (Å²) >= 11 is 0. The molecule has 20 heavy (non-hydrogen) atoms. The van der Waals surface area contributed by atoms with Gasteiger partial charge in [-0.2, -0.15) is 13.2 Å². The quantitative estimate of drug-likeness (QED) is 0.918. The molecule has 0 fully saturated rings. The lowest BCUT2D eigenvalue weighted by Crippen LogP contribution is -2.10. The molecule has 0 bridgehead atoms. The van der Waals surface area contributed by atoms with Gasteiger partial charge in [-0.3, -0.25) is 4.98 Å². The Kier molecular flexibility index (Phi) is 3.61. The van der Waals surface area contributed by atoms with Crippen molar-refractivity contribution in [2.75, 3.05) is 5.73 Å². The largest absolute Gasteiger partial charge is 0.417 e. The first-order chi connectivity index (χ1) is 9.32. The highest BCUT2D eigenvalue weighted by atomic mass is 19.4. The van der Waals surface area contributed by atoms with Gasteiger partial charge in [0.2, 0.25) is 0 Å². The fourth-order valence-corrected chi connectivity index (χ4v) is 2.02. The summed E-state index contributed by atoms with van der Waals surface area (Å²) in [5.41, 5.74) is 5.56. The highest BCUT2D eigenvalue weighted by Crippen LogP contribution is 2.39. The van der Waals surface area contributed by atoms with Gasteiger partial charge in [0.1, 0.15) is 12.1 Å². The number of hydrogen-bond acceptors (Lipinski definition) is 4. The van der Waals surface area contributed by atoms with Crippen molar-refractivity contribution in [1.82, 2.24) is 15.0 Å². The summed E-state index contributed by atoms with van der Waals surface area (Å²) in [5.74, 6) is 0.0782. The summed E-state index contributed by atoms with van der Waals surface area (Å²) in [6.45, 7) is 3.64. The van der Waals surface area contributed by atoms with Crippen LogP contribution in [-0.4, -0.2) is 15.0 Å². The van der Waals surface area contributed by atoms with Gasteiger partial charge in [0.25, 0.3) is 0 Å². The first-order valence-electron chi connectivity index (χ1n) is 5.94. The van der Waals surface area contributed by atoms with Crippen LogP contribution >= 0.6 is 0 Å². The summed E-state index contributed by atoms with van der Waals surface area (Å²) < 4.78 is 39.2. The molecule has 2 N–H and O–H groups in total. The van der Waals surface area contributed by atoms with Gasteiger partial charge >= 0.3 is 6.18 Å². The summed E-state index contributed by atoms with van der Waals surface area (Å²) in [6.07, 6.45) is -1.07. The zero-order chi connectivity index (χ0) is 14.9. The van der Waals surface area contributed by atoms with Crippen LogP contribution in [0.25, 0.3) is 11.3 Å². The number of anilines is 1. The van der Waals surface area contributed by atoms with Crippen LogP contribution in [0.3, 0.4) is 0 Å². The topological polar surface area (TPSA) is 64.7 Å². The number of nitrogens with zero attached hydrogens (tertiary/aromatic N) is 3. The standard InChI is InChI=1S/C13H13F3N4/c1-7(2)10-11(19-6-20-12(10)17)8-5-18-4-3-9(8)13(14,15)16/h3-7H,1-2H3,(H2,17,19,20). The van der Waals surface area contributed by atoms with Crippen molar-refractivity contribution >= 4 is 5.82 Å². The molecule has 0 atom stereocenters. The molecule has 4 nitrogen and oxygen atoms in total. The second-order valence-electron chi connectivity index (χ2n) is 4.59. The molecule has 2 aromatic heterocycles. The average Bonchev–Trinajstić information content (AvgIpc) is 2.37. The lowest BCUT2D eigenvalue weighted by atomic mass is 9.96. The van der Waals surface area contributed by atoms with E-state index >= 15 is 0 Å². The molecular formula is C13H13F3N4. The van der Waals surface area contributed by atoms with Crippen LogP contribution in [0.5, 0.6) is 0 Å².